The number of anilines is 3. The van der Waals surface area contributed by atoms with Gasteiger partial charge in [-0.1, -0.05) is 182 Å². The predicted octanol–water partition coefficient (Wildman–Crippen LogP) is 14.6. The van der Waals surface area contributed by atoms with Crippen LogP contribution in [0, 0.1) is 0 Å². The van der Waals surface area contributed by atoms with Crippen LogP contribution in [0.1, 0.15) is 0 Å². The van der Waals surface area contributed by atoms with Crippen molar-refractivity contribution in [2.45, 2.75) is 0 Å². The molecule has 0 heterocycles. The van der Waals surface area contributed by atoms with E-state index in [-0.39, 0.29) is 0 Å². The lowest BCUT2D eigenvalue weighted by atomic mass is 9.90. The number of benzene rings is 9. The van der Waals surface area contributed by atoms with E-state index in [1.54, 1.807) is 0 Å². The second-order valence-electron chi connectivity index (χ2n) is 13.4. The molecule has 0 aliphatic heterocycles. The number of fused-ring (bicyclic) bond motifs is 1. The highest BCUT2D eigenvalue weighted by Crippen LogP contribution is 2.40. The lowest BCUT2D eigenvalue weighted by Crippen LogP contribution is -2.09. The van der Waals surface area contributed by atoms with Gasteiger partial charge in [-0.15, -0.1) is 0 Å². The quantitative estimate of drug-likeness (QED) is 0.155. The monoisotopic (exact) mass is 675 g/mol. The van der Waals surface area contributed by atoms with E-state index in [2.05, 4.69) is 229 Å². The first-order valence-electron chi connectivity index (χ1n) is 18.2. The van der Waals surface area contributed by atoms with Crippen LogP contribution in [0.25, 0.3) is 66.4 Å². The van der Waals surface area contributed by atoms with Crippen molar-refractivity contribution >= 4 is 27.8 Å². The fourth-order valence-electron chi connectivity index (χ4n) is 7.40. The molecule has 9 aromatic carbocycles. The van der Waals surface area contributed by atoms with Crippen LogP contribution in [0.4, 0.5) is 17.1 Å². The molecular weight excluding hydrogens is 639 g/mol. The maximum Gasteiger partial charge on any atom is 0.0462 e. The Morgan fingerprint density at radius 2 is 0.642 bits per heavy atom. The van der Waals surface area contributed by atoms with Crippen molar-refractivity contribution < 1.29 is 0 Å². The largest absolute Gasteiger partial charge is 0.311 e. The second-order valence-corrected chi connectivity index (χ2v) is 13.4. The number of para-hydroxylation sites is 1. The van der Waals surface area contributed by atoms with E-state index in [4.69, 9.17) is 0 Å². The number of rotatable bonds is 8. The molecule has 0 spiro atoms. The summed E-state index contributed by atoms with van der Waals surface area (Å²) in [5.41, 5.74) is 15.4. The molecule has 0 aliphatic carbocycles. The highest BCUT2D eigenvalue weighted by molar-refractivity contribution is 5.97. The molecule has 0 radical (unpaired) electrons. The molecule has 0 aromatic heterocycles. The van der Waals surface area contributed by atoms with E-state index < -0.39 is 0 Å². The second kappa shape index (κ2) is 14.3. The van der Waals surface area contributed by atoms with Crippen molar-refractivity contribution in [2.75, 3.05) is 4.90 Å². The van der Waals surface area contributed by atoms with Crippen LogP contribution < -0.4 is 4.90 Å². The maximum atomic E-state index is 2.34. The third kappa shape index (κ3) is 6.53. The zero-order chi connectivity index (χ0) is 35.4. The third-order valence-electron chi connectivity index (χ3n) is 10.1. The van der Waals surface area contributed by atoms with Gasteiger partial charge in [-0.3, -0.25) is 0 Å². The molecule has 0 unspecified atom stereocenters. The summed E-state index contributed by atoms with van der Waals surface area (Å²) in [5, 5.41) is 2.52. The predicted molar refractivity (Wildman–Crippen MR) is 226 cm³/mol. The number of hydrogen-bond acceptors (Lipinski definition) is 1. The van der Waals surface area contributed by atoms with Crippen molar-refractivity contribution in [1.29, 1.82) is 0 Å². The highest BCUT2D eigenvalue weighted by atomic mass is 15.1. The zero-order valence-electron chi connectivity index (χ0n) is 29.3. The maximum absolute atomic E-state index is 2.34. The van der Waals surface area contributed by atoms with Gasteiger partial charge in [-0.05, 0) is 109 Å². The number of nitrogens with zero attached hydrogens (tertiary/aromatic N) is 1. The van der Waals surface area contributed by atoms with Crippen molar-refractivity contribution in [3.8, 4) is 55.6 Å². The summed E-state index contributed by atoms with van der Waals surface area (Å²) in [6.45, 7) is 0. The van der Waals surface area contributed by atoms with Gasteiger partial charge < -0.3 is 4.90 Å². The Hall–Kier alpha value is -6.96. The molecule has 0 fully saturated rings. The van der Waals surface area contributed by atoms with E-state index in [0.29, 0.717) is 0 Å². The molecule has 9 rings (SSSR count). The lowest BCUT2D eigenvalue weighted by molar-refractivity contribution is 1.28. The standard InChI is InChI=1S/C52H37N/c1-4-13-38(14-5-1)39-23-25-43(26-24-39)51-36-31-45(37-52(51)42-15-6-2-7-16-42)40-27-32-47(33-28-40)53(46-19-8-3-9-20-46)48-34-29-44(30-35-48)50-22-12-18-41-17-10-11-21-49(41)50/h1-37H. The minimum atomic E-state index is 1.11. The Morgan fingerprint density at radius 1 is 0.226 bits per heavy atom. The summed E-state index contributed by atoms with van der Waals surface area (Å²) < 4.78 is 0. The molecule has 0 atom stereocenters. The molecule has 1 heteroatoms. The van der Waals surface area contributed by atoms with Gasteiger partial charge in [0.05, 0.1) is 0 Å². The SMILES string of the molecule is c1ccc(-c2ccc(-c3ccc(-c4ccc(N(c5ccccc5)c5ccc(-c6cccc7ccccc67)cc5)cc4)cc3-c3ccccc3)cc2)cc1. The molecule has 0 aliphatic rings. The topological polar surface area (TPSA) is 3.24 Å². The smallest absolute Gasteiger partial charge is 0.0462 e. The van der Waals surface area contributed by atoms with E-state index in [1.165, 1.54) is 66.4 Å². The Kier molecular flexibility index (Phi) is 8.66. The van der Waals surface area contributed by atoms with Gasteiger partial charge in [0.25, 0.3) is 0 Å². The van der Waals surface area contributed by atoms with Gasteiger partial charge in [0.15, 0.2) is 0 Å². The van der Waals surface area contributed by atoms with Crippen LogP contribution in [-0.4, -0.2) is 0 Å². The van der Waals surface area contributed by atoms with Crippen LogP contribution in [0.15, 0.2) is 224 Å². The van der Waals surface area contributed by atoms with Crippen molar-refractivity contribution in [1.82, 2.24) is 0 Å². The Labute approximate surface area is 311 Å². The van der Waals surface area contributed by atoms with Crippen LogP contribution in [-0.2, 0) is 0 Å². The molecular formula is C52H37N. The average Bonchev–Trinajstić information content (AvgIpc) is 3.25. The highest BCUT2D eigenvalue weighted by Gasteiger charge is 2.15. The van der Waals surface area contributed by atoms with Gasteiger partial charge in [-0.2, -0.15) is 0 Å². The van der Waals surface area contributed by atoms with Crippen molar-refractivity contribution in [3.63, 3.8) is 0 Å². The summed E-state index contributed by atoms with van der Waals surface area (Å²) in [6, 6.07) is 80.7. The minimum Gasteiger partial charge on any atom is -0.311 e. The van der Waals surface area contributed by atoms with E-state index in [1.807, 2.05) is 0 Å². The molecule has 250 valence electrons. The first kappa shape index (κ1) is 32.0. The Morgan fingerprint density at radius 3 is 1.32 bits per heavy atom. The average molecular weight is 676 g/mol. The summed E-state index contributed by atoms with van der Waals surface area (Å²) in [7, 11) is 0. The molecule has 0 bridgehead atoms. The molecule has 9 aromatic rings. The van der Waals surface area contributed by atoms with Gasteiger partial charge in [0, 0.05) is 17.1 Å². The fraction of sp³-hybridized carbons (Fsp3) is 0. The minimum absolute atomic E-state index is 1.11. The zero-order valence-corrected chi connectivity index (χ0v) is 29.3. The molecule has 1 nitrogen and oxygen atoms in total. The summed E-state index contributed by atoms with van der Waals surface area (Å²) >= 11 is 0. The third-order valence-corrected chi connectivity index (χ3v) is 10.1. The molecule has 53 heavy (non-hydrogen) atoms. The first-order chi connectivity index (χ1) is 26.3. The van der Waals surface area contributed by atoms with Crippen molar-refractivity contribution in [3.05, 3.63) is 224 Å². The lowest BCUT2D eigenvalue weighted by Gasteiger charge is -2.26. The van der Waals surface area contributed by atoms with Gasteiger partial charge in [0.1, 0.15) is 0 Å². The Bertz CT molecular complexity index is 2600. The Balaban J connectivity index is 1.06. The van der Waals surface area contributed by atoms with Gasteiger partial charge in [0.2, 0.25) is 0 Å². The van der Waals surface area contributed by atoms with Crippen LogP contribution in [0.5, 0.6) is 0 Å². The van der Waals surface area contributed by atoms with Crippen LogP contribution >= 0.6 is 0 Å². The summed E-state index contributed by atoms with van der Waals surface area (Å²) in [4.78, 5) is 2.33. The fourth-order valence-corrected chi connectivity index (χ4v) is 7.40. The first-order valence-corrected chi connectivity index (χ1v) is 18.2. The van der Waals surface area contributed by atoms with E-state index in [9.17, 15) is 0 Å². The summed E-state index contributed by atoms with van der Waals surface area (Å²) in [5.74, 6) is 0. The van der Waals surface area contributed by atoms with Crippen LogP contribution in [0.3, 0.4) is 0 Å². The van der Waals surface area contributed by atoms with E-state index in [0.717, 1.165) is 17.1 Å². The van der Waals surface area contributed by atoms with Gasteiger partial charge >= 0.3 is 0 Å². The normalized spacial score (nSPS) is 11.0. The van der Waals surface area contributed by atoms with Crippen molar-refractivity contribution in [2.24, 2.45) is 0 Å². The van der Waals surface area contributed by atoms with Crippen LogP contribution in [0.2, 0.25) is 0 Å². The summed E-state index contributed by atoms with van der Waals surface area (Å²) in [6.07, 6.45) is 0. The van der Waals surface area contributed by atoms with Gasteiger partial charge in [-0.25, -0.2) is 0 Å². The molecule has 0 amide bonds. The molecule has 0 saturated heterocycles. The molecule has 0 saturated carbocycles. The molecule has 0 N–H and O–H groups in total. The number of hydrogen-bond donors (Lipinski definition) is 0. The van der Waals surface area contributed by atoms with E-state index >= 15 is 0 Å².